The Bertz CT molecular complexity index is 816. The predicted octanol–water partition coefficient (Wildman–Crippen LogP) is 2.71. The summed E-state index contributed by atoms with van der Waals surface area (Å²) < 4.78 is 2.04. The van der Waals surface area contributed by atoms with Gasteiger partial charge in [-0.1, -0.05) is 0 Å². The molecular formula is C19H24N4O. The van der Waals surface area contributed by atoms with Gasteiger partial charge in [0.2, 0.25) is 0 Å². The summed E-state index contributed by atoms with van der Waals surface area (Å²) in [4.78, 5) is 20.2. The zero-order valence-electron chi connectivity index (χ0n) is 14.4. The minimum absolute atomic E-state index is 0.0912. The molecule has 2 bridgehead atoms. The van der Waals surface area contributed by atoms with Gasteiger partial charge in [-0.15, -0.1) is 0 Å². The SMILES string of the molecule is CC(C)n1nc2c3c(cncc31)C(=O)C(C1CN3CCC1CC3)C2. The second-order valence-corrected chi connectivity index (χ2v) is 8.04. The van der Waals surface area contributed by atoms with Crippen LogP contribution < -0.4 is 0 Å². The summed E-state index contributed by atoms with van der Waals surface area (Å²) in [6.45, 7) is 7.78. The van der Waals surface area contributed by atoms with Crippen molar-refractivity contribution in [3.8, 4) is 0 Å². The Morgan fingerprint density at radius 1 is 1.21 bits per heavy atom. The number of Topliss-reactive ketones (excluding diaryl/α,β-unsaturated/α-hetero) is 1. The highest BCUT2D eigenvalue weighted by Crippen LogP contribution is 2.42. The molecule has 5 nitrogen and oxygen atoms in total. The van der Waals surface area contributed by atoms with Crippen molar-refractivity contribution >= 4 is 16.7 Å². The summed E-state index contributed by atoms with van der Waals surface area (Å²) >= 11 is 0. The van der Waals surface area contributed by atoms with Crippen LogP contribution in [0.15, 0.2) is 12.4 Å². The van der Waals surface area contributed by atoms with Crippen LogP contribution in [-0.2, 0) is 6.42 Å². The van der Waals surface area contributed by atoms with E-state index in [-0.39, 0.29) is 12.0 Å². The van der Waals surface area contributed by atoms with Gasteiger partial charge in [0.15, 0.2) is 5.78 Å². The zero-order valence-corrected chi connectivity index (χ0v) is 14.4. The Hall–Kier alpha value is -1.75. The van der Waals surface area contributed by atoms with Gasteiger partial charge in [-0.2, -0.15) is 5.10 Å². The van der Waals surface area contributed by atoms with Gasteiger partial charge in [-0.25, -0.2) is 0 Å². The Labute approximate surface area is 142 Å². The van der Waals surface area contributed by atoms with Gasteiger partial charge in [0, 0.05) is 42.1 Å². The van der Waals surface area contributed by atoms with Crippen molar-refractivity contribution in [3.63, 3.8) is 0 Å². The minimum Gasteiger partial charge on any atom is -0.303 e. The number of hydrogen-bond acceptors (Lipinski definition) is 4. The molecule has 3 aliphatic heterocycles. The van der Waals surface area contributed by atoms with E-state index >= 15 is 0 Å². The summed E-state index contributed by atoms with van der Waals surface area (Å²) in [5.74, 6) is 1.61. The van der Waals surface area contributed by atoms with E-state index in [4.69, 9.17) is 5.10 Å². The van der Waals surface area contributed by atoms with Gasteiger partial charge in [-0.3, -0.25) is 14.5 Å². The molecule has 0 aromatic carbocycles. The maximum atomic E-state index is 13.3. The Balaban J connectivity index is 1.59. The van der Waals surface area contributed by atoms with Crippen molar-refractivity contribution in [2.24, 2.45) is 17.8 Å². The molecule has 0 spiro atoms. The molecule has 0 radical (unpaired) electrons. The standard InChI is InChI=1S/C19H24N4O/c1-11(2)23-17-9-20-8-14-18(17)16(21-23)7-13(19(14)24)15-10-22-5-3-12(15)4-6-22/h8-9,11-13,15H,3-7,10H2,1-2H3. The smallest absolute Gasteiger partial charge is 0.168 e. The zero-order chi connectivity index (χ0) is 16.4. The van der Waals surface area contributed by atoms with Crippen LogP contribution >= 0.6 is 0 Å². The molecule has 2 unspecified atom stereocenters. The van der Waals surface area contributed by atoms with Crippen molar-refractivity contribution in [2.45, 2.75) is 39.2 Å². The molecule has 5 heterocycles. The highest BCUT2D eigenvalue weighted by Gasteiger charge is 2.44. The lowest BCUT2D eigenvalue weighted by atomic mass is 9.67. The molecule has 126 valence electrons. The van der Waals surface area contributed by atoms with Crippen LogP contribution in [0.5, 0.6) is 0 Å². The summed E-state index contributed by atoms with van der Waals surface area (Å²) in [5.41, 5.74) is 2.93. The third-order valence-corrected chi connectivity index (χ3v) is 6.42. The molecule has 2 aromatic heterocycles. The van der Waals surface area contributed by atoms with Crippen LogP contribution in [0, 0.1) is 17.8 Å². The van der Waals surface area contributed by atoms with Crippen LogP contribution in [0.1, 0.15) is 48.8 Å². The monoisotopic (exact) mass is 324 g/mol. The number of ketones is 1. The highest BCUT2D eigenvalue weighted by atomic mass is 16.1. The molecule has 2 aromatic rings. The van der Waals surface area contributed by atoms with Gasteiger partial charge < -0.3 is 4.90 Å². The summed E-state index contributed by atoms with van der Waals surface area (Å²) in [5, 5.41) is 5.93. The third-order valence-electron chi connectivity index (χ3n) is 6.42. The molecule has 3 saturated heterocycles. The largest absolute Gasteiger partial charge is 0.303 e. The molecule has 2 atom stereocenters. The van der Waals surface area contributed by atoms with E-state index in [2.05, 4.69) is 23.7 Å². The van der Waals surface area contributed by atoms with E-state index in [1.165, 1.54) is 25.9 Å². The number of carbonyl (C=O) groups excluding carboxylic acids is 1. The maximum absolute atomic E-state index is 13.3. The van der Waals surface area contributed by atoms with Crippen LogP contribution in [0.3, 0.4) is 0 Å². The number of piperidine rings is 3. The van der Waals surface area contributed by atoms with Crippen LogP contribution in [0.2, 0.25) is 0 Å². The maximum Gasteiger partial charge on any atom is 0.168 e. The van der Waals surface area contributed by atoms with Gasteiger partial charge in [0.25, 0.3) is 0 Å². The number of hydrogen-bond donors (Lipinski definition) is 0. The summed E-state index contributed by atoms with van der Waals surface area (Å²) in [7, 11) is 0. The molecule has 3 fully saturated rings. The van der Waals surface area contributed by atoms with E-state index in [1.54, 1.807) is 6.20 Å². The topological polar surface area (TPSA) is 51.0 Å². The molecular weight excluding hydrogens is 300 g/mol. The van der Waals surface area contributed by atoms with Crippen LogP contribution in [0.4, 0.5) is 0 Å². The number of aromatic nitrogens is 3. The minimum atomic E-state index is 0.0912. The molecule has 1 aliphatic carbocycles. The van der Waals surface area contributed by atoms with Crippen molar-refractivity contribution in [3.05, 3.63) is 23.7 Å². The fraction of sp³-hybridized carbons (Fsp3) is 0.632. The lowest BCUT2D eigenvalue weighted by molar-refractivity contribution is 0.0192. The Morgan fingerprint density at radius 2 is 2.00 bits per heavy atom. The Kier molecular flexibility index (Phi) is 3.11. The normalized spacial score (nSPS) is 32.0. The molecule has 0 N–H and O–H groups in total. The average molecular weight is 324 g/mol. The average Bonchev–Trinajstić information content (AvgIpc) is 2.99. The van der Waals surface area contributed by atoms with E-state index in [1.807, 2.05) is 10.9 Å². The lowest BCUT2D eigenvalue weighted by Gasteiger charge is -2.47. The first-order chi connectivity index (χ1) is 11.6. The first-order valence-corrected chi connectivity index (χ1v) is 9.25. The first-order valence-electron chi connectivity index (χ1n) is 9.25. The quantitative estimate of drug-likeness (QED) is 0.852. The molecule has 5 heteroatoms. The lowest BCUT2D eigenvalue weighted by Crippen LogP contribution is -2.51. The van der Waals surface area contributed by atoms with Gasteiger partial charge in [0.05, 0.1) is 17.4 Å². The van der Waals surface area contributed by atoms with Gasteiger partial charge in [-0.05, 0) is 51.6 Å². The third kappa shape index (κ3) is 1.94. The molecule has 24 heavy (non-hydrogen) atoms. The van der Waals surface area contributed by atoms with E-state index in [0.29, 0.717) is 17.6 Å². The number of carbonyl (C=O) groups is 1. The van der Waals surface area contributed by atoms with E-state index in [0.717, 1.165) is 35.1 Å². The fourth-order valence-electron chi connectivity index (χ4n) is 5.20. The first kappa shape index (κ1) is 14.6. The number of pyridine rings is 1. The second kappa shape index (κ2) is 5.12. The number of fused-ring (bicyclic) bond motifs is 3. The second-order valence-electron chi connectivity index (χ2n) is 8.04. The molecule has 0 amide bonds. The Morgan fingerprint density at radius 3 is 2.67 bits per heavy atom. The van der Waals surface area contributed by atoms with Crippen LogP contribution in [-0.4, -0.2) is 45.1 Å². The summed E-state index contributed by atoms with van der Waals surface area (Å²) in [6, 6.07) is 0.279. The van der Waals surface area contributed by atoms with Crippen LogP contribution in [0.25, 0.3) is 10.9 Å². The highest BCUT2D eigenvalue weighted by molar-refractivity contribution is 6.11. The van der Waals surface area contributed by atoms with Gasteiger partial charge >= 0.3 is 0 Å². The number of rotatable bonds is 2. The summed E-state index contributed by atoms with van der Waals surface area (Å²) in [6.07, 6.45) is 6.95. The van der Waals surface area contributed by atoms with Crippen molar-refractivity contribution in [1.29, 1.82) is 0 Å². The number of nitrogens with zero attached hydrogens (tertiary/aromatic N) is 4. The molecule has 0 saturated carbocycles. The van der Waals surface area contributed by atoms with E-state index in [9.17, 15) is 4.79 Å². The van der Waals surface area contributed by atoms with Gasteiger partial charge in [0.1, 0.15) is 0 Å². The molecule has 4 aliphatic rings. The predicted molar refractivity (Wildman–Crippen MR) is 92.1 cm³/mol. The van der Waals surface area contributed by atoms with Crippen molar-refractivity contribution in [1.82, 2.24) is 19.7 Å². The van der Waals surface area contributed by atoms with Crippen molar-refractivity contribution in [2.75, 3.05) is 19.6 Å². The van der Waals surface area contributed by atoms with Crippen molar-refractivity contribution < 1.29 is 4.79 Å². The fourth-order valence-corrected chi connectivity index (χ4v) is 5.20. The van der Waals surface area contributed by atoms with E-state index < -0.39 is 0 Å². The molecule has 6 rings (SSSR count).